The van der Waals surface area contributed by atoms with E-state index in [4.69, 9.17) is 11.6 Å². The van der Waals surface area contributed by atoms with Gasteiger partial charge in [-0.15, -0.1) is 0 Å². The molecule has 0 bridgehead atoms. The van der Waals surface area contributed by atoms with Crippen molar-refractivity contribution in [1.29, 1.82) is 0 Å². The summed E-state index contributed by atoms with van der Waals surface area (Å²) in [6.07, 6.45) is 2.23. The van der Waals surface area contributed by atoms with Crippen molar-refractivity contribution in [3.05, 3.63) is 34.9 Å². The standard InChI is InChI=1S/C19H27ClN4O2/c1-14(15-2-4-16(20)5-3-15)21-18(25)12-23-8-10-24(11-9-23)13-19(26)22-17-6-7-17/h2-5,14,17H,6-13H2,1H3,(H,21,25)(H,22,26). The maximum Gasteiger partial charge on any atom is 0.234 e. The van der Waals surface area contributed by atoms with E-state index in [1.54, 1.807) is 0 Å². The second-order valence-corrected chi connectivity index (χ2v) is 7.67. The second kappa shape index (κ2) is 8.84. The summed E-state index contributed by atoms with van der Waals surface area (Å²) >= 11 is 5.90. The Morgan fingerprint density at radius 1 is 1.04 bits per heavy atom. The van der Waals surface area contributed by atoms with Gasteiger partial charge in [-0.3, -0.25) is 19.4 Å². The topological polar surface area (TPSA) is 64.7 Å². The molecule has 26 heavy (non-hydrogen) atoms. The van der Waals surface area contributed by atoms with Gasteiger partial charge in [-0.05, 0) is 37.5 Å². The Balaban J connectivity index is 1.36. The van der Waals surface area contributed by atoms with Crippen LogP contribution in [0.3, 0.4) is 0 Å². The summed E-state index contributed by atoms with van der Waals surface area (Å²) < 4.78 is 0. The highest BCUT2D eigenvalue weighted by Crippen LogP contribution is 2.18. The molecule has 1 aromatic carbocycles. The van der Waals surface area contributed by atoms with E-state index in [0.717, 1.165) is 44.6 Å². The summed E-state index contributed by atoms with van der Waals surface area (Å²) in [4.78, 5) is 28.4. The van der Waals surface area contributed by atoms with Crippen molar-refractivity contribution in [2.24, 2.45) is 0 Å². The molecule has 1 aliphatic carbocycles. The maximum absolute atomic E-state index is 12.3. The molecule has 142 valence electrons. The quantitative estimate of drug-likeness (QED) is 0.753. The Labute approximate surface area is 159 Å². The van der Waals surface area contributed by atoms with Crippen LogP contribution in [0, 0.1) is 0 Å². The number of amides is 2. The van der Waals surface area contributed by atoms with E-state index in [1.807, 2.05) is 31.2 Å². The third-order valence-electron chi connectivity index (χ3n) is 4.89. The van der Waals surface area contributed by atoms with Crippen LogP contribution in [0.2, 0.25) is 5.02 Å². The van der Waals surface area contributed by atoms with Gasteiger partial charge in [-0.1, -0.05) is 23.7 Å². The molecule has 3 rings (SSSR count). The van der Waals surface area contributed by atoms with Gasteiger partial charge < -0.3 is 10.6 Å². The van der Waals surface area contributed by atoms with Crippen LogP contribution < -0.4 is 10.6 Å². The van der Waals surface area contributed by atoms with Gasteiger partial charge >= 0.3 is 0 Å². The number of nitrogens with one attached hydrogen (secondary N) is 2. The second-order valence-electron chi connectivity index (χ2n) is 7.23. The molecule has 1 aromatic rings. The zero-order valence-corrected chi connectivity index (χ0v) is 16.0. The number of halogens is 1. The highest BCUT2D eigenvalue weighted by Gasteiger charge is 2.25. The monoisotopic (exact) mass is 378 g/mol. The Kier molecular flexibility index (Phi) is 6.51. The van der Waals surface area contributed by atoms with Crippen molar-refractivity contribution in [2.75, 3.05) is 39.3 Å². The predicted molar refractivity (Wildman–Crippen MR) is 102 cm³/mol. The van der Waals surface area contributed by atoms with Crippen LogP contribution in [-0.2, 0) is 9.59 Å². The summed E-state index contributed by atoms with van der Waals surface area (Å²) in [5.74, 6) is 0.142. The number of hydrogen-bond donors (Lipinski definition) is 2. The molecular weight excluding hydrogens is 352 g/mol. The van der Waals surface area contributed by atoms with Crippen molar-refractivity contribution in [3.63, 3.8) is 0 Å². The number of carbonyl (C=O) groups is 2. The van der Waals surface area contributed by atoms with Gasteiger partial charge in [-0.2, -0.15) is 0 Å². The lowest BCUT2D eigenvalue weighted by molar-refractivity contribution is -0.125. The van der Waals surface area contributed by atoms with E-state index >= 15 is 0 Å². The summed E-state index contributed by atoms with van der Waals surface area (Å²) in [5.41, 5.74) is 1.04. The van der Waals surface area contributed by atoms with Crippen molar-refractivity contribution in [1.82, 2.24) is 20.4 Å². The van der Waals surface area contributed by atoms with Crippen LogP contribution in [0.1, 0.15) is 31.4 Å². The zero-order valence-electron chi connectivity index (χ0n) is 15.2. The SMILES string of the molecule is CC(NC(=O)CN1CCN(CC(=O)NC2CC2)CC1)c1ccc(Cl)cc1. The minimum absolute atomic E-state index is 0.0207. The van der Waals surface area contributed by atoms with Crippen LogP contribution in [-0.4, -0.2) is 66.9 Å². The third kappa shape index (κ3) is 5.97. The first-order valence-electron chi connectivity index (χ1n) is 9.28. The van der Waals surface area contributed by atoms with Gasteiger partial charge in [0.25, 0.3) is 0 Å². The molecule has 0 spiro atoms. The fourth-order valence-electron chi connectivity index (χ4n) is 3.13. The molecule has 2 amide bonds. The lowest BCUT2D eigenvalue weighted by atomic mass is 10.1. The Hall–Kier alpha value is -1.63. The minimum atomic E-state index is -0.0489. The summed E-state index contributed by atoms with van der Waals surface area (Å²) in [6, 6.07) is 7.88. The fourth-order valence-corrected chi connectivity index (χ4v) is 3.26. The molecule has 2 fully saturated rings. The molecule has 1 saturated carbocycles. The summed E-state index contributed by atoms with van der Waals surface area (Å²) in [5, 5.41) is 6.74. The third-order valence-corrected chi connectivity index (χ3v) is 5.14. The number of hydrogen-bond acceptors (Lipinski definition) is 4. The molecule has 2 N–H and O–H groups in total. The molecule has 1 aliphatic heterocycles. The van der Waals surface area contributed by atoms with E-state index in [9.17, 15) is 9.59 Å². The predicted octanol–water partition coefficient (Wildman–Crippen LogP) is 1.41. The molecule has 1 heterocycles. The number of nitrogens with zero attached hydrogens (tertiary/aromatic N) is 2. The van der Waals surface area contributed by atoms with Gasteiger partial charge in [0.1, 0.15) is 0 Å². The van der Waals surface area contributed by atoms with Gasteiger partial charge in [0.05, 0.1) is 19.1 Å². The van der Waals surface area contributed by atoms with E-state index in [1.165, 1.54) is 0 Å². The molecule has 6 nitrogen and oxygen atoms in total. The van der Waals surface area contributed by atoms with Crippen LogP contribution >= 0.6 is 11.6 Å². The number of carbonyl (C=O) groups excluding carboxylic acids is 2. The smallest absolute Gasteiger partial charge is 0.234 e. The number of benzene rings is 1. The van der Waals surface area contributed by atoms with Gasteiger partial charge in [0, 0.05) is 37.2 Å². The molecule has 1 atom stereocenters. The first-order valence-corrected chi connectivity index (χ1v) is 9.66. The van der Waals surface area contributed by atoms with E-state index < -0.39 is 0 Å². The van der Waals surface area contributed by atoms with Crippen molar-refractivity contribution in [3.8, 4) is 0 Å². The Morgan fingerprint density at radius 3 is 2.12 bits per heavy atom. The average molecular weight is 379 g/mol. The van der Waals surface area contributed by atoms with Gasteiger partial charge in [-0.25, -0.2) is 0 Å². The first-order chi connectivity index (χ1) is 12.5. The highest BCUT2D eigenvalue weighted by molar-refractivity contribution is 6.30. The molecule has 7 heteroatoms. The van der Waals surface area contributed by atoms with Crippen molar-refractivity contribution in [2.45, 2.75) is 31.8 Å². The highest BCUT2D eigenvalue weighted by atomic mass is 35.5. The maximum atomic E-state index is 12.3. The van der Waals surface area contributed by atoms with Crippen LogP contribution in [0.25, 0.3) is 0 Å². The van der Waals surface area contributed by atoms with Crippen molar-refractivity contribution >= 4 is 23.4 Å². The summed E-state index contributed by atoms with van der Waals surface area (Å²) in [7, 11) is 0. The normalized spacial score (nSPS) is 19.8. The molecule has 1 saturated heterocycles. The lowest BCUT2D eigenvalue weighted by Crippen LogP contribution is -2.51. The van der Waals surface area contributed by atoms with E-state index in [2.05, 4.69) is 20.4 Å². The average Bonchev–Trinajstić information content (AvgIpc) is 3.41. The Bertz CT molecular complexity index is 625. The fraction of sp³-hybridized carbons (Fsp3) is 0.579. The van der Waals surface area contributed by atoms with Crippen LogP contribution in [0.4, 0.5) is 0 Å². The van der Waals surface area contributed by atoms with Crippen LogP contribution in [0.5, 0.6) is 0 Å². The molecule has 0 aromatic heterocycles. The molecule has 0 radical (unpaired) electrons. The first kappa shape index (κ1) is 19.1. The number of rotatable bonds is 7. The van der Waals surface area contributed by atoms with Crippen LogP contribution in [0.15, 0.2) is 24.3 Å². The molecule has 2 aliphatic rings. The molecule has 1 unspecified atom stereocenters. The number of piperazine rings is 1. The summed E-state index contributed by atoms with van der Waals surface area (Å²) in [6.45, 7) is 6.07. The van der Waals surface area contributed by atoms with Crippen molar-refractivity contribution < 1.29 is 9.59 Å². The zero-order chi connectivity index (χ0) is 18.5. The van der Waals surface area contributed by atoms with E-state index in [0.29, 0.717) is 24.2 Å². The van der Waals surface area contributed by atoms with Gasteiger partial charge in [0.15, 0.2) is 0 Å². The molecular formula is C19H27ClN4O2. The van der Waals surface area contributed by atoms with Gasteiger partial charge in [0.2, 0.25) is 11.8 Å². The Morgan fingerprint density at radius 2 is 1.58 bits per heavy atom. The minimum Gasteiger partial charge on any atom is -0.352 e. The lowest BCUT2D eigenvalue weighted by Gasteiger charge is -2.34. The van der Waals surface area contributed by atoms with E-state index in [-0.39, 0.29) is 17.9 Å². The largest absolute Gasteiger partial charge is 0.352 e.